The molecule has 0 aliphatic carbocycles. The van der Waals surface area contributed by atoms with Gasteiger partial charge in [0.05, 0.1) is 6.17 Å². The van der Waals surface area contributed by atoms with Gasteiger partial charge < -0.3 is 21.1 Å². The lowest BCUT2D eigenvalue weighted by atomic mass is 9.94. The van der Waals surface area contributed by atoms with Crippen LogP contribution in [-0.2, 0) is 4.74 Å². The van der Waals surface area contributed by atoms with E-state index in [1.165, 1.54) is 25.7 Å². The van der Waals surface area contributed by atoms with E-state index in [2.05, 4.69) is 10.6 Å². The molecule has 0 amide bonds. The summed E-state index contributed by atoms with van der Waals surface area (Å²) in [5, 5.41) is 6.89. The topological polar surface area (TPSA) is 59.3 Å². The van der Waals surface area contributed by atoms with Crippen LogP contribution < -0.4 is 16.4 Å². The molecule has 2 saturated heterocycles. The molecular formula is C12H25N3O. The Morgan fingerprint density at radius 2 is 1.88 bits per heavy atom. The van der Waals surface area contributed by atoms with E-state index in [9.17, 15) is 0 Å². The lowest BCUT2D eigenvalue weighted by Gasteiger charge is -2.30. The fourth-order valence-corrected chi connectivity index (χ4v) is 2.62. The Labute approximate surface area is 98.3 Å². The molecule has 0 radical (unpaired) electrons. The minimum absolute atomic E-state index is 0.185. The van der Waals surface area contributed by atoms with Gasteiger partial charge >= 0.3 is 0 Å². The molecule has 2 aliphatic heterocycles. The summed E-state index contributed by atoms with van der Waals surface area (Å²) in [4.78, 5) is 0. The summed E-state index contributed by atoms with van der Waals surface area (Å²) in [5.74, 6) is 1.42. The second-order valence-corrected chi connectivity index (χ2v) is 5.08. The summed E-state index contributed by atoms with van der Waals surface area (Å²) in [7, 11) is 0. The third-order valence-electron chi connectivity index (χ3n) is 3.87. The van der Waals surface area contributed by atoms with Crippen molar-refractivity contribution >= 4 is 0 Å². The summed E-state index contributed by atoms with van der Waals surface area (Å²) in [6, 6.07) is 0. The summed E-state index contributed by atoms with van der Waals surface area (Å²) < 4.78 is 5.36. The third-order valence-corrected chi connectivity index (χ3v) is 3.87. The molecule has 2 heterocycles. The first-order valence-electron chi connectivity index (χ1n) is 6.63. The summed E-state index contributed by atoms with van der Waals surface area (Å²) >= 11 is 0. The van der Waals surface area contributed by atoms with Crippen LogP contribution in [0.25, 0.3) is 0 Å². The Morgan fingerprint density at radius 1 is 1.19 bits per heavy atom. The van der Waals surface area contributed by atoms with Crippen molar-refractivity contribution in [2.24, 2.45) is 17.6 Å². The Hall–Kier alpha value is -0.160. The molecule has 1 atom stereocenters. The number of piperidine rings is 1. The Morgan fingerprint density at radius 3 is 2.56 bits per heavy atom. The zero-order valence-corrected chi connectivity index (χ0v) is 10.1. The zero-order valence-electron chi connectivity index (χ0n) is 10.1. The molecule has 2 rings (SSSR count). The van der Waals surface area contributed by atoms with E-state index in [4.69, 9.17) is 10.5 Å². The van der Waals surface area contributed by atoms with E-state index >= 15 is 0 Å². The van der Waals surface area contributed by atoms with Crippen LogP contribution in [0.15, 0.2) is 0 Å². The van der Waals surface area contributed by atoms with E-state index < -0.39 is 0 Å². The van der Waals surface area contributed by atoms with Gasteiger partial charge in [-0.1, -0.05) is 0 Å². The van der Waals surface area contributed by atoms with Crippen molar-refractivity contribution in [3.05, 3.63) is 0 Å². The van der Waals surface area contributed by atoms with Crippen LogP contribution in [0.2, 0.25) is 0 Å². The third kappa shape index (κ3) is 3.70. The van der Waals surface area contributed by atoms with E-state index in [-0.39, 0.29) is 6.17 Å². The second kappa shape index (κ2) is 6.55. The number of hydrogen-bond donors (Lipinski definition) is 3. The van der Waals surface area contributed by atoms with Gasteiger partial charge in [0.1, 0.15) is 0 Å². The van der Waals surface area contributed by atoms with Crippen molar-refractivity contribution < 1.29 is 4.74 Å². The van der Waals surface area contributed by atoms with Gasteiger partial charge in [-0.25, -0.2) is 0 Å². The normalized spacial score (nSPS) is 26.8. The minimum Gasteiger partial charge on any atom is -0.381 e. The molecule has 2 aliphatic rings. The highest BCUT2D eigenvalue weighted by molar-refractivity contribution is 4.78. The Balaban J connectivity index is 1.63. The lowest BCUT2D eigenvalue weighted by Crippen LogP contribution is -2.49. The summed E-state index contributed by atoms with van der Waals surface area (Å²) in [6.45, 7) is 5.16. The molecule has 4 N–H and O–H groups in total. The number of rotatable bonds is 4. The van der Waals surface area contributed by atoms with Crippen LogP contribution in [0.3, 0.4) is 0 Å². The monoisotopic (exact) mass is 227 g/mol. The molecule has 0 spiro atoms. The average molecular weight is 227 g/mol. The van der Waals surface area contributed by atoms with Gasteiger partial charge in [0.25, 0.3) is 0 Å². The van der Waals surface area contributed by atoms with Gasteiger partial charge in [-0.2, -0.15) is 0 Å². The fraction of sp³-hybridized carbons (Fsp3) is 1.00. The number of nitrogens with two attached hydrogens (primary N) is 1. The zero-order chi connectivity index (χ0) is 11.2. The van der Waals surface area contributed by atoms with E-state index in [0.717, 1.165) is 38.8 Å². The molecule has 16 heavy (non-hydrogen) atoms. The maximum atomic E-state index is 6.20. The highest BCUT2D eigenvalue weighted by Crippen LogP contribution is 2.16. The predicted octanol–water partition coefficient (Wildman–Crippen LogP) is 0.287. The quantitative estimate of drug-likeness (QED) is 0.604. The maximum Gasteiger partial charge on any atom is 0.0576 e. The van der Waals surface area contributed by atoms with Crippen LogP contribution >= 0.6 is 0 Å². The molecule has 4 nitrogen and oxygen atoms in total. The van der Waals surface area contributed by atoms with Gasteiger partial charge in [0, 0.05) is 13.2 Å². The highest BCUT2D eigenvalue weighted by Gasteiger charge is 2.21. The summed E-state index contributed by atoms with van der Waals surface area (Å²) in [6.07, 6.45) is 4.98. The largest absolute Gasteiger partial charge is 0.381 e. The second-order valence-electron chi connectivity index (χ2n) is 5.08. The molecule has 0 saturated carbocycles. The molecule has 0 aromatic rings. The molecule has 0 aromatic heterocycles. The highest BCUT2D eigenvalue weighted by atomic mass is 16.5. The predicted molar refractivity (Wildman–Crippen MR) is 65.1 cm³/mol. The van der Waals surface area contributed by atoms with Crippen LogP contribution in [0.5, 0.6) is 0 Å². The standard InChI is InChI=1S/C12H25N3O/c13-12(11-1-5-14-6-2-11)15-9-10-3-7-16-8-4-10/h10-12,14-15H,1-9,13H2. The molecule has 94 valence electrons. The van der Waals surface area contributed by atoms with Gasteiger partial charge in [-0.05, 0) is 57.2 Å². The van der Waals surface area contributed by atoms with Gasteiger partial charge in [0.2, 0.25) is 0 Å². The molecular weight excluding hydrogens is 202 g/mol. The van der Waals surface area contributed by atoms with Crippen LogP contribution in [0.1, 0.15) is 25.7 Å². The first-order chi connectivity index (χ1) is 7.86. The smallest absolute Gasteiger partial charge is 0.0576 e. The molecule has 0 bridgehead atoms. The number of hydrogen-bond acceptors (Lipinski definition) is 4. The van der Waals surface area contributed by atoms with Gasteiger partial charge in [0.15, 0.2) is 0 Å². The number of ether oxygens (including phenoxy) is 1. The molecule has 0 aromatic carbocycles. The van der Waals surface area contributed by atoms with E-state index in [1.54, 1.807) is 0 Å². The maximum absolute atomic E-state index is 6.20. The van der Waals surface area contributed by atoms with Crippen molar-refractivity contribution in [3.63, 3.8) is 0 Å². The van der Waals surface area contributed by atoms with Crippen molar-refractivity contribution in [2.45, 2.75) is 31.8 Å². The van der Waals surface area contributed by atoms with Crippen molar-refractivity contribution in [3.8, 4) is 0 Å². The molecule has 2 fully saturated rings. The van der Waals surface area contributed by atoms with Crippen molar-refractivity contribution in [1.29, 1.82) is 0 Å². The average Bonchev–Trinajstić information content (AvgIpc) is 2.38. The first kappa shape index (κ1) is 12.3. The Kier molecular flexibility index (Phi) is 5.03. The fourth-order valence-electron chi connectivity index (χ4n) is 2.62. The Bertz CT molecular complexity index is 189. The van der Waals surface area contributed by atoms with E-state index in [1.807, 2.05) is 0 Å². The molecule has 4 heteroatoms. The van der Waals surface area contributed by atoms with E-state index in [0.29, 0.717) is 5.92 Å². The van der Waals surface area contributed by atoms with Crippen molar-refractivity contribution in [1.82, 2.24) is 10.6 Å². The van der Waals surface area contributed by atoms with Crippen LogP contribution in [-0.4, -0.2) is 39.0 Å². The SMILES string of the molecule is NC(NCC1CCOCC1)C1CCNCC1. The summed E-state index contributed by atoms with van der Waals surface area (Å²) in [5.41, 5.74) is 6.20. The first-order valence-corrected chi connectivity index (χ1v) is 6.63. The van der Waals surface area contributed by atoms with Gasteiger partial charge in [-0.3, -0.25) is 0 Å². The number of nitrogens with one attached hydrogen (secondary N) is 2. The lowest BCUT2D eigenvalue weighted by molar-refractivity contribution is 0.0644. The van der Waals surface area contributed by atoms with Crippen LogP contribution in [0.4, 0.5) is 0 Å². The minimum atomic E-state index is 0.185. The van der Waals surface area contributed by atoms with Crippen molar-refractivity contribution in [2.75, 3.05) is 32.8 Å². The van der Waals surface area contributed by atoms with Crippen LogP contribution in [0, 0.1) is 11.8 Å². The van der Waals surface area contributed by atoms with Gasteiger partial charge in [-0.15, -0.1) is 0 Å². The molecule has 1 unspecified atom stereocenters.